The number of hydrogen-bond acceptors (Lipinski definition) is 7. The van der Waals surface area contributed by atoms with E-state index in [9.17, 15) is 14.5 Å². The average molecular weight is 278 g/mol. The summed E-state index contributed by atoms with van der Waals surface area (Å²) in [5.41, 5.74) is 0. The topological polar surface area (TPSA) is 157 Å². The van der Waals surface area contributed by atoms with Gasteiger partial charge in [0.2, 0.25) is 5.76 Å². The molecule has 0 saturated carbocycles. The van der Waals surface area contributed by atoms with Gasteiger partial charge in [0.05, 0.1) is 6.61 Å². The Kier molecular flexibility index (Phi) is 6.12. The molecule has 0 aromatic carbocycles. The van der Waals surface area contributed by atoms with E-state index in [1.54, 1.807) is 0 Å². The zero-order valence-electron chi connectivity index (χ0n) is 8.64. The second kappa shape index (κ2) is 6.17. The molecule has 0 amide bonds. The number of phosphoric ester groups is 1. The van der Waals surface area contributed by atoms with Gasteiger partial charge in [-0.1, -0.05) is 0 Å². The average Bonchev–Trinajstić information content (AvgIpc) is 2.42. The predicted molar refractivity (Wildman–Crippen MR) is 43.1 cm³/mol. The van der Waals surface area contributed by atoms with Crippen molar-refractivity contribution < 1.29 is 73.3 Å². The molecule has 0 saturated heterocycles. The molecule has 17 heavy (non-hydrogen) atoms. The van der Waals surface area contributed by atoms with E-state index < -0.39 is 44.1 Å². The fourth-order valence-electron chi connectivity index (χ4n) is 1.00. The molecule has 0 aromatic rings. The summed E-state index contributed by atoms with van der Waals surface area (Å²) in [5, 5.41) is 28.8. The Hall–Kier alpha value is -0.120. The molecule has 9 nitrogen and oxygen atoms in total. The number of carbonyl (C=O) groups is 1. The number of rotatable bonds is 4. The zero-order chi connectivity index (χ0) is 12.5. The molecule has 0 aromatic heterocycles. The minimum absolute atomic E-state index is 0. The Morgan fingerprint density at radius 3 is 2.47 bits per heavy atom. The van der Waals surface area contributed by atoms with E-state index in [1.165, 1.54) is 0 Å². The van der Waals surface area contributed by atoms with Crippen LogP contribution in [0.5, 0.6) is 0 Å². The minimum atomic E-state index is -5.06. The molecule has 0 fully saturated rings. The van der Waals surface area contributed by atoms with Gasteiger partial charge in [0, 0.05) is 0 Å². The van der Waals surface area contributed by atoms with Gasteiger partial charge in [-0.15, -0.1) is 0 Å². The third-order valence-corrected chi connectivity index (χ3v) is 2.07. The molecular weight excluding hydrogens is 270 g/mol. The van der Waals surface area contributed by atoms with Crippen LogP contribution in [0.25, 0.3) is 0 Å². The fraction of sp³-hybridized carbons (Fsp3) is 0.500. The largest absolute Gasteiger partial charge is 1.00 e. The van der Waals surface area contributed by atoms with Gasteiger partial charge in [0.25, 0.3) is 0 Å². The standard InChI is InChI=1S/C6H9O9P.Na/c7-1-2(8)4-3(9)5(6(10)14-4)15-16(11,12)13;/h2,4,7-9H,1H2,(H2,11,12,13);/q;+1/p-1/t2-,4+;/m0./s1. The molecule has 1 aliphatic rings. The first-order chi connectivity index (χ1) is 7.26. The second-order valence-electron chi connectivity index (χ2n) is 2.85. The van der Waals surface area contributed by atoms with E-state index in [0.29, 0.717) is 0 Å². The summed E-state index contributed by atoms with van der Waals surface area (Å²) in [7, 11) is -5.06. The van der Waals surface area contributed by atoms with Crippen LogP contribution in [-0.4, -0.2) is 44.8 Å². The molecule has 1 heterocycles. The van der Waals surface area contributed by atoms with Crippen molar-refractivity contribution in [1.29, 1.82) is 0 Å². The monoisotopic (exact) mass is 278 g/mol. The number of hydrogen-bond donors (Lipinski definition) is 4. The quantitative estimate of drug-likeness (QED) is 0.223. The van der Waals surface area contributed by atoms with E-state index >= 15 is 0 Å². The first-order valence-corrected chi connectivity index (χ1v) is 5.45. The SMILES string of the molecule is O=C1O[C@H]([C@@H](O)CO)C([O-])=C1OP(=O)(O)O.[Na+]. The van der Waals surface area contributed by atoms with E-state index in [2.05, 4.69) is 9.26 Å². The maximum atomic E-state index is 11.3. The van der Waals surface area contributed by atoms with Crippen LogP contribution in [0.15, 0.2) is 11.5 Å². The molecule has 0 aliphatic carbocycles. The van der Waals surface area contributed by atoms with Crippen LogP contribution in [0.3, 0.4) is 0 Å². The van der Waals surface area contributed by atoms with E-state index in [1.807, 2.05) is 0 Å². The molecule has 0 bridgehead atoms. The molecule has 0 radical (unpaired) electrons. The minimum Gasteiger partial charge on any atom is -0.870 e. The van der Waals surface area contributed by atoms with Crippen molar-refractivity contribution in [3.63, 3.8) is 0 Å². The molecule has 2 atom stereocenters. The van der Waals surface area contributed by atoms with Crippen molar-refractivity contribution in [2.45, 2.75) is 12.2 Å². The van der Waals surface area contributed by atoms with Gasteiger partial charge in [0.15, 0.2) is 0 Å². The molecular formula is C6H8NaO9P. The maximum absolute atomic E-state index is 11.3. The predicted octanol–water partition coefficient (Wildman–Crippen LogP) is -6.05. The van der Waals surface area contributed by atoms with Crippen LogP contribution in [0.4, 0.5) is 0 Å². The summed E-state index contributed by atoms with van der Waals surface area (Å²) >= 11 is 0. The number of esters is 1. The zero-order valence-corrected chi connectivity index (χ0v) is 11.5. The molecule has 1 aliphatic heterocycles. The Morgan fingerprint density at radius 1 is 1.53 bits per heavy atom. The van der Waals surface area contributed by atoms with Crippen molar-refractivity contribution in [1.82, 2.24) is 0 Å². The van der Waals surface area contributed by atoms with Crippen molar-refractivity contribution in [3.05, 3.63) is 11.5 Å². The van der Waals surface area contributed by atoms with Crippen LogP contribution in [-0.2, 0) is 18.6 Å². The number of ether oxygens (including phenoxy) is 1. The Morgan fingerprint density at radius 2 is 2.06 bits per heavy atom. The summed E-state index contributed by atoms with van der Waals surface area (Å²) in [6.45, 7) is -0.854. The Bertz CT molecular complexity index is 374. The normalized spacial score (nSPS) is 21.9. The number of cyclic esters (lactones) is 1. The number of phosphoric acid groups is 1. The summed E-state index contributed by atoms with van der Waals surface area (Å²) in [6.07, 6.45) is -3.38. The van der Waals surface area contributed by atoms with Crippen molar-refractivity contribution >= 4 is 13.8 Å². The maximum Gasteiger partial charge on any atom is 1.00 e. The molecule has 0 unspecified atom stereocenters. The first kappa shape index (κ1) is 16.9. The van der Waals surface area contributed by atoms with Crippen molar-refractivity contribution in [2.75, 3.05) is 6.61 Å². The number of carbonyl (C=O) groups excluding carboxylic acids is 1. The molecule has 92 valence electrons. The fourth-order valence-corrected chi connectivity index (χ4v) is 1.40. The van der Waals surface area contributed by atoms with Crippen LogP contribution >= 0.6 is 7.82 Å². The summed E-state index contributed by atoms with van der Waals surface area (Å²) in [5.74, 6) is -3.81. The smallest absolute Gasteiger partial charge is 0.870 e. The van der Waals surface area contributed by atoms with Crippen LogP contribution in [0, 0.1) is 0 Å². The summed E-state index contributed by atoms with van der Waals surface area (Å²) in [6, 6.07) is 0. The van der Waals surface area contributed by atoms with Crippen molar-refractivity contribution in [3.8, 4) is 0 Å². The van der Waals surface area contributed by atoms with Crippen molar-refractivity contribution in [2.24, 2.45) is 0 Å². The van der Waals surface area contributed by atoms with E-state index in [-0.39, 0.29) is 29.6 Å². The van der Waals surface area contributed by atoms with Crippen LogP contribution in [0.1, 0.15) is 0 Å². The third-order valence-electron chi connectivity index (χ3n) is 1.65. The summed E-state index contributed by atoms with van der Waals surface area (Å²) < 4.78 is 18.5. The van der Waals surface area contributed by atoms with Crippen LogP contribution < -0.4 is 34.7 Å². The van der Waals surface area contributed by atoms with Gasteiger partial charge in [0.1, 0.15) is 12.2 Å². The molecule has 1 rings (SSSR count). The van der Waals surface area contributed by atoms with E-state index in [4.69, 9.17) is 20.0 Å². The first-order valence-electron chi connectivity index (χ1n) is 3.92. The number of aliphatic hydroxyl groups is 2. The van der Waals surface area contributed by atoms with Gasteiger partial charge >= 0.3 is 43.3 Å². The molecule has 4 N–H and O–H groups in total. The molecule has 0 spiro atoms. The Labute approximate surface area is 117 Å². The van der Waals surface area contributed by atoms with Crippen LogP contribution in [0.2, 0.25) is 0 Å². The van der Waals surface area contributed by atoms with Gasteiger partial charge in [-0.25, -0.2) is 9.36 Å². The second-order valence-corrected chi connectivity index (χ2v) is 4.01. The Balaban J connectivity index is 0.00000256. The number of aliphatic hydroxyl groups excluding tert-OH is 2. The van der Waals surface area contributed by atoms with E-state index in [0.717, 1.165) is 0 Å². The van der Waals surface area contributed by atoms with Gasteiger partial charge < -0.3 is 24.6 Å². The summed E-state index contributed by atoms with van der Waals surface area (Å²) in [4.78, 5) is 27.7. The van der Waals surface area contributed by atoms with Gasteiger partial charge in [-0.2, -0.15) is 0 Å². The van der Waals surface area contributed by atoms with Gasteiger partial charge in [-0.3, -0.25) is 9.79 Å². The van der Waals surface area contributed by atoms with Gasteiger partial charge in [-0.05, 0) is 5.76 Å². The third kappa shape index (κ3) is 4.23. The molecule has 11 heteroatoms.